The number of anilines is 2. The van der Waals surface area contributed by atoms with Crippen LogP contribution in [0.25, 0.3) is 0 Å². The van der Waals surface area contributed by atoms with Crippen molar-refractivity contribution in [3.8, 4) is 0 Å². The summed E-state index contributed by atoms with van der Waals surface area (Å²) in [6, 6.07) is 1.66. The lowest BCUT2D eigenvalue weighted by molar-refractivity contribution is 0.190. The number of pyridine rings is 1. The van der Waals surface area contributed by atoms with E-state index in [-0.39, 0.29) is 6.04 Å². The molecular weight excluding hydrogens is 251 g/mol. The molecule has 0 aliphatic rings. The number of hydrogen-bond acceptors (Lipinski definition) is 5. The number of rotatable bonds is 5. The van der Waals surface area contributed by atoms with Crippen LogP contribution in [0.3, 0.4) is 0 Å². The largest absolute Gasteiger partial charge is 0.383 e. The van der Waals surface area contributed by atoms with Gasteiger partial charge in [0.2, 0.25) is 0 Å². The predicted octanol–water partition coefficient (Wildman–Crippen LogP) is 2.12. The molecule has 5 nitrogen and oxygen atoms in total. The summed E-state index contributed by atoms with van der Waals surface area (Å²) in [5.41, 5.74) is 2.40. The highest BCUT2D eigenvalue weighted by molar-refractivity contribution is 6.37. The third-order valence-electron chi connectivity index (χ3n) is 1.87. The van der Waals surface area contributed by atoms with E-state index >= 15 is 0 Å². The molecule has 16 heavy (non-hydrogen) atoms. The molecule has 0 bridgehead atoms. The van der Waals surface area contributed by atoms with E-state index in [4.69, 9.17) is 33.8 Å². The summed E-state index contributed by atoms with van der Waals surface area (Å²) in [4.78, 5) is 4.15. The number of hydrazine groups is 1. The highest BCUT2D eigenvalue weighted by Crippen LogP contribution is 2.28. The number of hydrogen-bond donors (Lipinski definition) is 3. The number of nitrogens with zero attached hydrogens (tertiary/aromatic N) is 1. The summed E-state index contributed by atoms with van der Waals surface area (Å²) in [6.07, 6.45) is 0. The molecule has 7 heteroatoms. The zero-order chi connectivity index (χ0) is 12.1. The molecule has 1 rings (SSSR count). The summed E-state index contributed by atoms with van der Waals surface area (Å²) in [7, 11) is 1.63. The molecule has 1 aromatic heterocycles. The summed E-state index contributed by atoms with van der Waals surface area (Å²) >= 11 is 11.8. The number of aromatic nitrogens is 1. The Morgan fingerprint density at radius 1 is 1.44 bits per heavy atom. The van der Waals surface area contributed by atoms with E-state index in [1.807, 2.05) is 6.92 Å². The minimum absolute atomic E-state index is 0.0850. The van der Waals surface area contributed by atoms with Crippen LogP contribution in [0.15, 0.2) is 6.07 Å². The standard InChI is InChI=1S/C9H14Cl2N4O/c1-5(4-16-2)13-8-6(10)3-7(11)9(14-8)15-12/h3,5H,4,12H2,1-2H3,(H2,13,14,15). The normalized spacial score (nSPS) is 12.3. The molecule has 0 saturated carbocycles. The van der Waals surface area contributed by atoms with Crippen molar-refractivity contribution >= 4 is 34.8 Å². The Bertz CT molecular complexity index is 362. The van der Waals surface area contributed by atoms with E-state index in [1.165, 1.54) is 0 Å². The van der Waals surface area contributed by atoms with E-state index in [0.717, 1.165) is 0 Å². The molecule has 0 saturated heterocycles. The smallest absolute Gasteiger partial charge is 0.161 e. The number of nitrogens with one attached hydrogen (secondary N) is 2. The average Bonchev–Trinajstić information content (AvgIpc) is 2.22. The minimum Gasteiger partial charge on any atom is -0.383 e. The lowest BCUT2D eigenvalue weighted by Gasteiger charge is -2.15. The number of halogens is 2. The first kappa shape index (κ1) is 13.3. The van der Waals surface area contributed by atoms with Gasteiger partial charge in [-0.1, -0.05) is 23.2 Å². The Hall–Kier alpha value is -0.750. The Labute approximate surface area is 104 Å². The van der Waals surface area contributed by atoms with Crippen LogP contribution in [-0.2, 0) is 4.74 Å². The average molecular weight is 265 g/mol. The van der Waals surface area contributed by atoms with Crippen molar-refractivity contribution in [3.63, 3.8) is 0 Å². The second-order valence-electron chi connectivity index (χ2n) is 3.29. The van der Waals surface area contributed by atoms with Crippen molar-refractivity contribution in [1.82, 2.24) is 4.98 Å². The first-order valence-electron chi connectivity index (χ1n) is 4.66. The molecule has 0 amide bonds. The molecular formula is C9H14Cl2N4O. The van der Waals surface area contributed by atoms with Gasteiger partial charge in [-0.05, 0) is 13.0 Å². The summed E-state index contributed by atoms with van der Waals surface area (Å²) in [5.74, 6) is 6.16. The van der Waals surface area contributed by atoms with E-state index in [0.29, 0.717) is 28.3 Å². The molecule has 0 aromatic carbocycles. The summed E-state index contributed by atoms with van der Waals surface area (Å²) in [5, 5.41) is 3.90. The summed E-state index contributed by atoms with van der Waals surface area (Å²) < 4.78 is 5.00. The first-order valence-corrected chi connectivity index (χ1v) is 5.42. The summed E-state index contributed by atoms with van der Waals surface area (Å²) in [6.45, 7) is 2.50. The maximum atomic E-state index is 5.98. The van der Waals surface area contributed by atoms with Crippen molar-refractivity contribution in [1.29, 1.82) is 0 Å². The van der Waals surface area contributed by atoms with Gasteiger partial charge < -0.3 is 15.5 Å². The van der Waals surface area contributed by atoms with Crippen LogP contribution in [0, 0.1) is 0 Å². The number of nitrogens with two attached hydrogens (primary N) is 1. The van der Waals surface area contributed by atoms with Gasteiger partial charge in [0.05, 0.1) is 16.7 Å². The zero-order valence-corrected chi connectivity index (χ0v) is 10.6. The fraction of sp³-hybridized carbons (Fsp3) is 0.444. The third-order valence-corrected chi connectivity index (χ3v) is 2.44. The highest BCUT2D eigenvalue weighted by Gasteiger charge is 2.10. The Kier molecular flexibility index (Phi) is 5.08. The molecule has 4 N–H and O–H groups in total. The monoisotopic (exact) mass is 264 g/mol. The molecule has 90 valence electrons. The van der Waals surface area contributed by atoms with Crippen molar-refractivity contribution < 1.29 is 4.74 Å². The van der Waals surface area contributed by atoms with Gasteiger partial charge in [0.15, 0.2) is 5.82 Å². The van der Waals surface area contributed by atoms with Crippen molar-refractivity contribution in [2.45, 2.75) is 13.0 Å². The predicted molar refractivity (Wildman–Crippen MR) is 67.0 cm³/mol. The van der Waals surface area contributed by atoms with Crippen molar-refractivity contribution in [3.05, 3.63) is 16.1 Å². The van der Waals surface area contributed by atoms with E-state index in [1.54, 1.807) is 13.2 Å². The van der Waals surface area contributed by atoms with Gasteiger partial charge in [0.25, 0.3) is 0 Å². The molecule has 1 atom stereocenters. The second kappa shape index (κ2) is 6.10. The van der Waals surface area contributed by atoms with Crippen LogP contribution in [0.1, 0.15) is 6.92 Å². The number of ether oxygens (including phenoxy) is 1. The van der Waals surface area contributed by atoms with E-state index in [9.17, 15) is 0 Å². The molecule has 1 unspecified atom stereocenters. The second-order valence-corrected chi connectivity index (χ2v) is 4.11. The quantitative estimate of drug-likeness (QED) is 0.562. The molecule has 1 aromatic rings. The molecule has 0 radical (unpaired) electrons. The molecule has 1 heterocycles. The van der Waals surface area contributed by atoms with Crippen LogP contribution in [-0.4, -0.2) is 24.7 Å². The molecule has 0 aliphatic carbocycles. The first-order chi connectivity index (χ1) is 7.58. The lowest BCUT2D eigenvalue weighted by atomic mass is 10.3. The maximum Gasteiger partial charge on any atom is 0.161 e. The van der Waals surface area contributed by atoms with Gasteiger partial charge in [-0.2, -0.15) is 0 Å². The van der Waals surface area contributed by atoms with Gasteiger partial charge in [0, 0.05) is 13.2 Å². The highest BCUT2D eigenvalue weighted by atomic mass is 35.5. The van der Waals surface area contributed by atoms with Gasteiger partial charge in [-0.25, -0.2) is 10.8 Å². The Balaban J connectivity index is 2.87. The van der Waals surface area contributed by atoms with Crippen LogP contribution in [0.2, 0.25) is 10.0 Å². The Morgan fingerprint density at radius 3 is 2.62 bits per heavy atom. The van der Waals surface area contributed by atoms with Crippen LogP contribution in [0.4, 0.5) is 11.6 Å². The Morgan fingerprint density at radius 2 is 2.06 bits per heavy atom. The van der Waals surface area contributed by atoms with E-state index < -0.39 is 0 Å². The zero-order valence-electron chi connectivity index (χ0n) is 9.05. The third kappa shape index (κ3) is 3.38. The van der Waals surface area contributed by atoms with Crippen LogP contribution < -0.4 is 16.6 Å². The maximum absolute atomic E-state index is 5.98. The SMILES string of the molecule is COCC(C)Nc1nc(NN)c(Cl)cc1Cl. The fourth-order valence-electron chi connectivity index (χ4n) is 1.19. The van der Waals surface area contributed by atoms with Gasteiger partial charge >= 0.3 is 0 Å². The van der Waals surface area contributed by atoms with Gasteiger partial charge in [0.1, 0.15) is 5.82 Å². The van der Waals surface area contributed by atoms with Crippen molar-refractivity contribution in [2.24, 2.45) is 5.84 Å². The van der Waals surface area contributed by atoms with Crippen LogP contribution >= 0.6 is 23.2 Å². The molecule has 0 fully saturated rings. The fourth-order valence-corrected chi connectivity index (χ4v) is 1.66. The van der Waals surface area contributed by atoms with Crippen LogP contribution in [0.5, 0.6) is 0 Å². The molecule has 0 spiro atoms. The lowest BCUT2D eigenvalue weighted by Crippen LogP contribution is -2.22. The number of methoxy groups -OCH3 is 1. The van der Waals surface area contributed by atoms with Gasteiger partial charge in [-0.3, -0.25) is 0 Å². The van der Waals surface area contributed by atoms with Gasteiger partial charge in [-0.15, -0.1) is 0 Å². The topological polar surface area (TPSA) is 72.2 Å². The van der Waals surface area contributed by atoms with E-state index in [2.05, 4.69) is 15.7 Å². The minimum atomic E-state index is 0.0850. The molecule has 0 aliphatic heterocycles. The number of nitrogen functional groups attached to an aromatic ring is 1. The van der Waals surface area contributed by atoms with Crippen molar-refractivity contribution in [2.75, 3.05) is 24.5 Å².